The number of aromatic nitrogens is 3. The maximum absolute atomic E-state index is 11.2. The third-order valence-corrected chi connectivity index (χ3v) is 2.97. The Morgan fingerprint density at radius 3 is 2.77 bits per heavy atom. The molecule has 0 atom stereocenters. The molecule has 2 rings (SSSR count). The normalized spacial score (nSPS) is 10.3. The fourth-order valence-electron chi connectivity index (χ4n) is 1.71. The van der Waals surface area contributed by atoms with Crippen LogP contribution in [0.4, 0.5) is 0 Å². The van der Waals surface area contributed by atoms with Crippen LogP contribution in [0, 0.1) is 6.92 Å². The molecule has 0 aromatic carbocycles. The topological polar surface area (TPSA) is 123 Å². The fraction of sp³-hybridized carbons (Fsp3) is 0.154. The van der Waals surface area contributed by atoms with Gasteiger partial charge < -0.3 is 14.9 Å². The minimum Gasteiger partial charge on any atom is -0.477 e. The van der Waals surface area contributed by atoms with Crippen LogP contribution in [0.3, 0.4) is 0 Å². The summed E-state index contributed by atoms with van der Waals surface area (Å²) in [4.78, 5) is 26.4. The molecule has 0 aliphatic rings. The summed E-state index contributed by atoms with van der Waals surface area (Å²) in [5.41, 5.74) is 0.315. The number of carboxylic acids is 1. The van der Waals surface area contributed by atoms with Gasteiger partial charge in [-0.15, -0.1) is 10.2 Å². The molecule has 0 aliphatic heterocycles. The van der Waals surface area contributed by atoms with Crippen molar-refractivity contribution in [2.75, 3.05) is 0 Å². The first-order valence-corrected chi connectivity index (χ1v) is 6.34. The molecule has 0 bridgehead atoms. The van der Waals surface area contributed by atoms with Crippen molar-refractivity contribution in [1.82, 2.24) is 15.2 Å². The van der Waals surface area contributed by atoms with E-state index in [1.165, 1.54) is 6.20 Å². The Balaban J connectivity index is 2.56. The number of aliphatic hydroxyl groups excluding tert-OH is 1. The van der Waals surface area contributed by atoms with Crippen molar-refractivity contribution in [3.8, 4) is 11.6 Å². The lowest BCUT2D eigenvalue weighted by Gasteiger charge is -2.13. The van der Waals surface area contributed by atoms with Gasteiger partial charge in [0.25, 0.3) is 5.88 Å². The molecule has 0 saturated heterocycles. The summed E-state index contributed by atoms with van der Waals surface area (Å²) < 4.78 is 5.40. The second-order valence-corrected chi connectivity index (χ2v) is 4.57. The number of hydrogen-bond donors (Lipinski definition) is 2. The van der Waals surface area contributed by atoms with Crippen molar-refractivity contribution in [2.24, 2.45) is 0 Å². The Morgan fingerprint density at radius 2 is 2.18 bits per heavy atom. The highest BCUT2D eigenvalue weighted by Crippen LogP contribution is 2.30. The van der Waals surface area contributed by atoms with Crippen molar-refractivity contribution in [2.45, 2.75) is 13.5 Å². The Bertz CT molecular complexity index is 751. The van der Waals surface area contributed by atoms with Crippen LogP contribution in [0.5, 0.6) is 11.6 Å². The monoisotopic (exact) mass is 323 g/mol. The highest BCUT2D eigenvalue weighted by atomic mass is 35.5. The first-order chi connectivity index (χ1) is 10.5. The van der Waals surface area contributed by atoms with E-state index in [0.29, 0.717) is 12.0 Å². The summed E-state index contributed by atoms with van der Waals surface area (Å²) in [5.74, 6) is -1.65. The lowest BCUT2D eigenvalue weighted by molar-refractivity contribution is 0.0693. The van der Waals surface area contributed by atoms with Crippen molar-refractivity contribution in [3.63, 3.8) is 0 Å². The van der Waals surface area contributed by atoms with Gasteiger partial charge in [0.15, 0.2) is 17.2 Å². The molecule has 2 aromatic rings. The Kier molecular flexibility index (Phi) is 4.64. The van der Waals surface area contributed by atoms with Gasteiger partial charge >= 0.3 is 5.97 Å². The van der Waals surface area contributed by atoms with Gasteiger partial charge in [-0.1, -0.05) is 11.6 Å². The number of aldehydes is 1. The third-order valence-electron chi connectivity index (χ3n) is 2.78. The van der Waals surface area contributed by atoms with E-state index >= 15 is 0 Å². The smallest absolute Gasteiger partial charge is 0.341 e. The molecule has 0 radical (unpaired) electrons. The van der Waals surface area contributed by atoms with Crippen LogP contribution in [-0.2, 0) is 6.61 Å². The number of halogens is 1. The van der Waals surface area contributed by atoms with Crippen LogP contribution >= 0.6 is 11.6 Å². The molecule has 8 nitrogen and oxygen atoms in total. The molecule has 0 fully saturated rings. The summed E-state index contributed by atoms with van der Waals surface area (Å²) in [6.45, 7) is 1.14. The van der Waals surface area contributed by atoms with Gasteiger partial charge in [0.05, 0.1) is 17.9 Å². The van der Waals surface area contributed by atoms with Crippen LogP contribution in [-0.4, -0.2) is 37.6 Å². The maximum Gasteiger partial charge on any atom is 0.341 e. The fourth-order valence-corrected chi connectivity index (χ4v) is 1.86. The molecule has 114 valence electrons. The summed E-state index contributed by atoms with van der Waals surface area (Å²) in [6, 6.07) is 1.07. The van der Waals surface area contributed by atoms with E-state index in [1.807, 2.05) is 0 Å². The number of aliphatic hydroxyl groups is 1. The third kappa shape index (κ3) is 3.02. The quantitative estimate of drug-likeness (QED) is 0.796. The highest BCUT2D eigenvalue weighted by molar-refractivity contribution is 6.29. The van der Waals surface area contributed by atoms with Crippen LogP contribution in [0.25, 0.3) is 0 Å². The Morgan fingerprint density at radius 1 is 1.45 bits per heavy atom. The molecule has 2 N–H and O–H groups in total. The molecule has 0 unspecified atom stereocenters. The second-order valence-electron chi connectivity index (χ2n) is 4.18. The number of carbonyl (C=O) groups is 2. The average Bonchev–Trinajstić information content (AvgIpc) is 2.50. The van der Waals surface area contributed by atoms with E-state index in [-0.39, 0.29) is 33.5 Å². The number of ether oxygens (including phenoxy) is 1. The van der Waals surface area contributed by atoms with E-state index in [0.717, 1.165) is 6.07 Å². The molecule has 0 amide bonds. The minimum absolute atomic E-state index is 0.000623. The molecule has 0 spiro atoms. The SMILES string of the molecule is Cc1ncc(CO)c(C=O)c1Oc1nnc(Cl)cc1C(=O)O. The van der Waals surface area contributed by atoms with E-state index in [9.17, 15) is 14.7 Å². The molecule has 22 heavy (non-hydrogen) atoms. The number of carbonyl (C=O) groups excluding carboxylic acids is 1. The Hall–Kier alpha value is -2.58. The van der Waals surface area contributed by atoms with Gasteiger partial charge in [-0.25, -0.2) is 4.79 Å². The Labute approximate surface area is 129 Å². The molecular formula is C13H10ClN3O5. The van der Waals surface area contributed by atoms with Gasteiger partial charge in [0.1, 0.15) is 5.56 Å². The summed E-state index contributed by atoms with van der Waals surface area (Å²) in [7, 11) is 0. The number of hydrogen-bond acceptors (Lipinski definition) is 7. The summed E-state index contributed by atoms with van der Waals surface area (Å²) in [5, 5.41) is 25.3. The predicted octanol–water partition coefficient (Wildman–Crippen LogP) is 1.63. The largest absolute Gasteiger partial charge is 0.477 e. The van der Waals surface area contributed by atoms with Crippen molar-refractivity contribution in [1.29, 1.82) is 0 Å². The minimum atomic E-state index is -1.32. The van der Waals surface area contributed by atoms with Gasteiger partial charge in [-0.2, -0.15) is 0 Å². The number of aromatic carboxylic acids is 1. The van der Waals surface area contributed by atoms with E-state index in [1.54, 1.807) is 6.92 Å². The van der Waals surface area contributed by atoms with Gasteiger partial charge in [0.2, 0.25) is 0 Å². The average molecular weight is 324 g/mol. The number of rotatable bonds is 5. The lowest BCUT2D eigenvalue weighted by Crippen LogP contribution is -2.07. The standard InChI is InChI=1S/C13H10ClN3O5/c1-6-11(9(5-19)7(4-18)3-15-6)22-12-8(13(20)21)2-10(14)16-17-12/h2-3,5,18H,4H2,1H3,(H,20,21). The number of aryl methyl sites for hydroxylation is 1. The molecule has 2 aromatic heterocycles. The molecule has 0 aliphatic carbocycles. The van der Waals surface area contributed by atoms with Crippen LogP contribution in [0.1, 0.15) is 32.0 Å². The molecular weight excluding hydrogens is 314 g/mol. The number of carboxylic acid groups (broad SMARTS) is 1. The van der Waals surface area contributed by atoms with E-state index in [4.69, 9.17) is 21.4 Å². The second kappa shape index (κ2) is 6.46. The summed E-state index contributed by atoms with van der Waals surface area (Å²) in [6.07, 6.45) is 1.82. The maximum atomic E-state index is 11.2. The van der Waals surface area contributed by atoms with Crippen LogP contribution < -0.4 is 4.74 Å². The molecule has 2 heterocycles. The first kappa shape index (κ1) is 15.8. The van der Waals surface area contributed by atoms with Gasteiger partial charge in [-0.05, 0) is 13.0 Å². The summed E-state index contributed by atoms with van der Waals surface area (Å²) >= 11 is 5.61. The number of pyridine rings is 1. The highest BCUT2D eigenvalue weighted by Gasteiger charge is 2.20. The van der Waals surface area contributed by atoms with Crippen LogP contribution in [0.15, 0.2) is 12.3 Å². The lowest BCUT2D eigenvalue weighted by atomic mass is 10.1. The molecule has 9 heteroatoms. The zero-order valence-electron chi connectivity index (χ0n) is 11.3. The van der Waals surface area contributed by atoms with Crippen LogP contribution in [0.2, 0.25) is 5.15 Å². The zero-order chi connectivity index (χ0) is 16.3. The van der Waals surface area contributed by atoms with Gasteiger partial charge in [0, 0.05) is 11.8 Å². The predicted molar refractivity (Wildman–Crippen MR) is 74.4 cm³/mol. The van der Waals surface area contributed by atoms with E-state index in [2.05, 4.69) is 15.2 Å². The van der Waals surface area contributed by atoms with Crippen molar-refractivity contribution in [3.05, 3.63) is 39.8 Å². The van der Waals surface area contributed by atoms with E-state index < -0.39 is 12.6 Å². The zero-order valence-corrected chi connectivity index (χ0v) is 12.0. The first-order valence-electron chi connectivity index (χ1n) is 5.96. The number of nitrogens with zero attached hydrogens (tertiary/aromatic N) is 3. The molecule has 0 saturated carbocycles. The van der Waals surface area contributed by atoms with Crippen molar-refractivity contribution < 1.29 is 24.5 Å². The van der Waals surface area contributed by atoms with Gasteiger partial charge in [-0.3, -0.25) is 9.78 Å². The van der Waals surface area contributed by atoms with Crippen molar-refractivity contribution >= 4 is 23.9 Å².